The van der Waals surface area contributed by atoms with Crippen molar-refractivity contribution >= 4 is 27.5 Å². The monoisotopic (exact) mass is 367 g/mol. The largest absolute Gasteiger partial charge is 0.396 e. The molecule has 22 heavy (non-hydrogen) atoms. The number of unbranched alkanes of at least 4 members (excludes halogenated alkanes) is 2. The molecule has 0 fully saturated rings. The fourth-order valence-electron chi connectivity index (χ4n) is 2.50. The maximum absolute atomic E-state index is 12.5. The maximum atomic E-state index is 12.5. The zero-order valence-corrected chi connectivity index (χ0v) is 14.6. The summed E-state index contributed by atoms with van der Waals surface area (Å²) < 4.78 is 2.79. The molecule has 0 spiro atoms. The predicted molar refractivity (Wildman–Crippen MR) is 90.3 cm³/mol. The van der Waals surface area contributed by atoms with Gasteiger partial charge in [-0.3, -0.25) is 9.20 Å². The summed E-state index contributed by atoms with van der Waals surface area (Å²) in [6, 6.07) is 2.00. The van der Waals surface area contributed by atoms with E-state index in [1.807, 2.05) is 30.5 Å². The predicted octanol–water partition coefficient (Wildman–Crippen LogP) is 2.86. The molecule has 2 aromatic heterocycles. The molecule has 0 aliphatic carbocycles. The summed E-state index contributed by atoms with van der Waals surface area (Å²) in [7, 11) is 0. The molecular formula is C16H22BrN3O2. The van der Waals surface area contributed by atoms with Gasteiger partial charge < -0.3 is 10.4 Å². The van der Waals surface area contributed by atoms with E-state index >= 15 is 0 Å². The molecule has 0 atom stereocenters. The first-order valence-corrected chi connectivity index (χ1v) is 8.44. The van der Waals surface area contributed by atoms with Crippen molar-refractivity contribution in [2.45, 2.75) is 39.5 Å². The van der Waals surface area contributed by atoms with E-state index in [-0.39, 0.29) is 12.5 Å². The number of aromatic nitrogens is 2. The average molecular weight is 368 g/mol. The second-order valence-corrected chi connectivity index (χ2v) is 6.25. The number of nitrogens with one attached hydrogen (secondary N) is 1. The number of aliphatic hydroxyl groups is 1. The lowest BCUT2D eigenvalue weighted by molar-refractivity contribution is 0.0946. The normalized spacial score (nSPS) is 11.1. The first kappa shape index (κ1) is 17.0. The molecule has 2 rings (SSSR count). The lowest BCUT2D eigenvalue weighted by atomic mass is 10.2. The number of rotatable bonds is 7. The Kier molecular flexibility index (Phi) is 5.97. The molecule has 1 amide bonds. The van der Waals surface area contributed by atoms with E-state index in [2.05, 4.69) is 26.2 Å². The molecule has 2 heterocycles. The van der Waals surface area contributed by atoms with E-state index in [0.717, 1.165) is 40.6 Å². The van der Waals surface area contributed by atoms with Crippen molar-refractivity contribution in [1.29, 1.82) is 0 Å². The lowest BCUT2D eigenvalue weighted by Crippen LogP contribution is -2.26. The highest BCUT2D eigenvalue weighted by Gasteiger charge is 2.19. The summed E-state index contributed by atoms with van der Waals surface area (Å²) in [6.45, 7) is 4.81. The van der Waals surface area contributed by atoms with Gasteiger partial charge in [0.15, 0.2) is 0 Å². The number of carbonyl (C=O) groups is 1. The van der Waals surface area contributed by atoms with Crippen LogP contribution in [-0.4, -0.2) is 33.6 Å². The Morgan fingerprint density at radius 3 is 2.86 bits per heavy atom. The van der Waals surface area contributed by atoms with Crippen molar-refractivity contribution in [2.75, 3.05) is 13.2 Å². The van der Waals surface area contributed by atoms with Gasteiger partial charge in [-0.25, -0.2) is 4.98 Å². The Morgan fingerprint density at radius 1 is 1.41 bits per heavy atom. The molecule has 0 aliphatic rings. The van der Waals surface area contributed by atoms with Crippen molar-refractivity contribution in [1.82, 2.24) is 14.7 Å². The molecule has 120 valence electrons. The second kappa shape index (κ2) is 7.74. The SMILES string of the molecule is CCc1nc2c(C)cc(Br)cn2c1C(=O)NCCCCCO. The Hall–Kier alpha value is -1.40. The van der Waals surface area contributed by atoms with Crippen molar-refractivity contribution in [3.63, 3.8) is 0 Å². The number of hydrogen-bond donors (Lipinski definition) is 2. The highest BCUT2D eigenvalue weighted by molar-refractivity contribution is 9.10. The van der Waals surface area contributed by atoms with Gasteiger partial charge in [0.1, 0.15) is 11.3 Å². The van der Waals surface area contributed by atoms with Crippen LogP contribution >= 0.6 is 15.9 Å². The molecule has 5 nitrogen and oxygen atoms in total. The van der Waals surface area contributed by atoms with Gasteiger partial charge in [-0.05, 0) is 60.2 Å². The standard InChI is InChI=1S/C16H22BrN3O2/c1-3-13-14(16(22)18-7-5-4-6-8-21)20-10-12(17)9-11(2)15(20)19-13/h9-10,21H,3-8H2,1-2H3,(H,18,22). The minimum absolute atomic E-state index is 0.0918. The van der Waals surface area contributed by atoms with E-state index in [1.54, 1.807) is 0 Å². The van der Waals surface area contributed by atoms with Crippen LogP contribution in [0.15, 0.2) is 16.7 Å². The fraction of sp³-hybridized carbons (Fsp3) is 0.500. The number of aryl methyl sites for hydroxylation is 2. The van der Waals surface area contributed by atoms with Crippen LogP contribution in [0, 0.1) is 6.92 Å². The molecule has 2 N–H and O–H groups in total. The topological polar surface area (TPSA) is 66.6 Å². The molecule has 6 heteroatoms. The van der Waals surface area contributed by atoms with Gasteiger partial charge in [0.05, 0.1) is 5.69 Å². The first-order valence-electron chi connectivity index (χ1n) is 7.64. The Balaban J connectivity index is 2.23. The first-order chi connectivity index (χ1) is 10.6. The number of carbonyl (C=O) groups excluding carboxylic acids is 1. The summed E-state index contributed by atoms with van der Waals surface area (Å²) in [6.07, 6.45) is 5.15. The summed E-state index contributed by atoms with van der Waals surface area (Å²) in [5.41, 5.74) is 3.29. The van der Waals surface area contributed by atoms with Gasteiger partial charge in [-0.15, -0.1) is 0 Å². The van der Waals surface area contributed by atoms with E-state index in [9.17, 15) is 4.79 Å². The third-order valence-electron chi connectivity index (χ3n) is 3.61. The van der Waals surface area contributed by atoms with E-state index in [1.165, 1.54) is 0 Å². The smallest absolute Gasteiger partial charge is 0.270 e. The summed E-state index contributed by atoms with van der Waals surface area (Å²) >= 11 is 3.47. The molecule has 0 unspecified atom stereocenters. The third-order valence-corrected chi connectivity index (χ3v) is 4.05. The molecule has 0 saturated heterocycles. The summed E-state index contributed by atoms with van der Waals surface area (Å²) in [5.74, 6) is -0.0918. The molecule has 2 aromatic rings. The molecule has 0 radical (unpaired) electrons. The number of aliphatic hydroxyl groups excluding tert-OH is 1. The third kappa shape index (κ3) is 3.67. The number of halogens is 1. The van der Waals surface area contributed by atoms with Crippen molar-refractivity contribution < 1.29 is 9.90 Å². The molecule has 0 aromatic carbocycles. The van der Waals surface area contributed by atoms with E-state index in [4.69, 9.17) is 5.11 Å². The number of amides is 1. The Labute approximate surface area is 138 Å². The highest BCUT2D eigenvalue weighted by Crippen LogP contribution is 2.21. The summed E-state index contributed by atoms with van der Waals surface area (Å²) in [4.78, 5) is 17.1. The fourth-order valence-corrected chi connectivity index (χ4v) is 3.05. The van der Waals surface area contributed by atoms with Crippen LogP contribution in [0.2, 0.25) is 0 Å². The van der Waals surface area contributed by atoms with Gasteiger partial charge in [0.2, 0.25) is 0 Å². The zero-order chi connectivity index (χ0) is 16.1. The molecule has 0 saturated carbocycles. The number of nitrogens with zero attached hydrogens (tertiary/aromatic N) is 2. The lowest BCUT2D eigenvalue weighted by Gasteiger charge is -2.07. The zero-order valence-electron chi connectivity index (χ0n) is 13.0. The average Bonchev–Trinajstić information content (AvgIpc) is 2.85. The molecule has 0 aliphatic heterocycles. The van der Waals surface area contributed by atoms with Crippen LogP contribution in [0.4, 0.5) is 0 Å². The van der Waals surface area contributed by atoms with Crippen molar-refractivity contribution in [2.24, 2.45) is 0 Å². The van der Waals surface area contributed by atoms with Crippen LogP contribution in [0.3, 0.4) is 0 Å². The number of pyridine rings is 1. The Morgan fingerprint density at radius 2 is 2.18 bits per heavy atom. The quantitative estimate of drug-likeness (QED) is 0.739. The van der Waals surface area contributed by atoms with Gasteiger partial charge >= 0.3 is 0 Å². The van der Waals surface area contributed by atoms with Crippen LogP contribution in [0.25, 0.3) is 5.65 Å². The van der Waals surface area contributed by atoms with Gasteiger partial charge in [-0.1, -0.05) is 6.92 Å². The minimum Gasteiger partial charge on any atom is -0.396 e. The number of fused-ring (bicyclic) bond motifs is 1. The highest BCUT2D eigenvalue weighted by atomic mass is 79.9. The van der Waals surface area contributed by atoms with E-state index < -0.39 is 0 Å². The van der Waals surface area contributed by atoms with Gasteiger partial charge in [0, 0.05) is 23.8 Å². The van der Waals surface area contributed by atoms with Crippen molar-refractivity contribution in [3.05, 3.63) is 33.7 Å². The van der Waals surface area contributed by atoms with Crippen LogP contribution < -0.4 is 5.32 Å². The van der Waals surface area contributed by atoms with Crippen molar-refractivity contribution in [3.8, 4) is 0 Å². The van der Waals surface area contributed by atoms with Gasteiger partial charge in [-0.2, -0.15) is 0 Å². The van der Waals surface area contributed by atoms with Crippen LogP contribution in [-0.2, 0) is 6.42 Å². The maximum Gasteiger partial charge on any atom is 0.270 e. The van der Waals surface area contributed by atoms with E-state index in [0.29, 0.717) is 18.7 Å². The summed E-state index contributed by atoms with van der Waals surface area (Å²) in [5, 5.41) is 11.7. The minimum atomic E-state index is -0.0918. The Bertz CT molecular complexity index is 667. The molecule has 0 bridgehead atoms. The second-order valence-electron chi connectivity index (χ2n) is 5.34. The molecular weight excluding hydrogens is 346 g/mol. The number of hydrogen-bond acceptors (Lipinski definition) is 3. The van der Waals surface area contributed by atoms with Gasteiger partial charge in [0.25, 0.3) is 5.91 Å². The van der Waals surface area contributed by atoms with Crippen LogP contribution in [0.5, 0.6) is 0 Å². The number of imidazole rings is 1. The van der Waals surface area contributed by atoms with Crippen LogP contribution in [0.1, 0.15) is 47.9 Å².